The van der Waals surface area contributed by atoms with Crippen LogP contribution in [0.5, 0.6) is 0 Å². The fourth-order valence-corrected chi connectivity index (χ4v) is 4.42. The third-order valence-electron chi connectivity index (χ3n) is 4.68. The minimum absolute atomic E-state index is 0.104. The van der Waals surface area contributed by atoms with Gasteiger partial charge in [-0.05, 0) is 12.8 Å². The van der Waals surface area contributed by atoms with Gasteiger partial charge in [0.2, 0.25) is 0 Å². The van der Waals surface area contributed by atoms with Crippen molar-refractivity contribution in [2.75, 3.05) is 0 Å². The first-order valence-electron chi connectivity index (χ1n) is 4.91. The molecule has 76 valence electrons. The molecule has 6 atom stereocenters. The summed E-state index contributed by atoms with van der Waals surface area (Å²) >= 11 is 2.18. The highest BCUT2D eigenvalue weighted by Gasteiger charge is 2.97. The van der Waals surface area contributed by atoms with Crippen LogP contribution in [0, 0.1) is 11.3 Å². The third kappa shape index (κ3) is 0.644. The van der Waals surface area contributed by atoms with Crippen LogP contribution in [0.25, 0.3) is 0 Å². The Morgan fingerprint density at radius 1 is 1.64 bits per heavy atom. The lowest BCUT2D eigenvalue weighted by atomic mass is 9.62. The summed E-state index contributed by atoms with van der Waals surface area (Å²) in [4.78, 5) is 5.40. The summed E-state index contributed by atoms with van der Waals surface area (Å²) in [6, 6.07) is 1.46. The maximum Gasteiger partial charge on any atom is 0.0909 e. The van der Waals surface area contributed by atoms with E-state index in [1.165, 1.54) is 22.0 Å². The van der Waals surface area contributed by atoms with Gasteiger partial charge in [0.05, 0.1) is 11.7 Å². The van der Waals surface area contributed by atoms with Gasteiger partial charge in [0.15, 0.2) is 0 Å². The van der Waals surface area contributed by atoms with Crippen molar-refractivity contribution in [3.05, 3.63) is 0 Å². The van der Waals surface area contributed by atoms with Gasteiger partial charge in [0.1, 0.15) is 0 Å². The predicted molar refractivity (Wildman–Crippen MR) is 64.7 cm³/mol. The molecule has 14 heavy (non-hydrogen) atoms. The summed E-state index contributed by atoms with van der Waals surface area (Å²) in [6.45, 7) is 0. The van der Waals surface area contributed by atoms with Crippen LogP contribution in [-0.2, 0) is 0 Å². The third-order valence-corrected chi connectivity index (χ3v) is 5.44. The Labute approximate surface area is 98.8 Å². The van der Waals surface area contributed by atoms with E-state index in [-0.39, 0.29) is 5.66 Å². The van der Waals surface area contributed by atoms with Gasteiger partial charge in [0.25, 0.3) is 0 Å². The lowest BCUT2D eigenvalue weighted by molar-refractivity contribution is 0.150. The van der Waals surface area contributed by atoms with Gasteiger partial charge < -0.3 is 5.73 Å². The second-order valence-corrected chi connectivity index (χ2v) is 6.47. The smallest absolute Gasteiger partial charge is 0.0909 e. The zero-order chi connectivity index (χ0) is 9.55. The van der Waals surface area contributed by atoms with Crippen molar-refractivity contribution in [3.63, 3.8) is 0 Å². The lowest BCUT2D eigenvalue weighted by Crippen LogP contribution is -2.46. The van der Waals surface area contributed by atoms with E-state index in [1.807, 2.05) is 0 Å². The first-order chi connectivity index (χ1) is 6.77. The number of hydrogen-bond donors (Lipinski definition) is 2. The van der Waals surface area contributed by atoms with Crippen LogP contribution in [-0.4, -0.2) is 28.9 Å². The first kappa shape index (κ1) is 8.60. The average Bonchev–Trinajstić information content (AvgIpc) is 2.95. The standard InChI is InChI=1S/C8H11IN4S/c9-14-12-11-3-7-2-1-4(7)8(10)6-5(7)13(6)8/h3-6,12H,1-2,10H2/b11-3+. The van der Waals surface area contributed by atoms with Gasteiger partial charge in [-0.3, -0.25) is 4.90 Å². The van der Waals surface area contributed by atoms with Gasteiger partial charge in [-0.1, -0.05) is 0 Å². The van der Waals surface area contributed by atoms with E-state index >= 15 is 0 Å². The van der Waals surface area contributed by atoms with Crippen molar-refractivity contribution >= 4 is 36.5 Å². The van der Waals surface area contributed by atoms with E-state index in [4.69, 9.17) is 5.73 Å². The van der Waals surface area contributed by atoms with E-state index in [9.17, 15) is 0 Å². The SMILES string of the molecule is NC12C3C(N31)C1(/C=N/NSI)CCC12. The number of piperidine rings is 1. The number of rotatable bonds is 3. The molecule has 4 nitrogen and oxygen atoms in total. The second kappa shape index (κ2) is 2.26. The Morgan fingerprint density at radius 2 is 2.43 bits per heavy atom. The molecule has 3 aliphatic heterocycles. The van der Waals surface area contributed by atoms with Gasteiger partial charge >= 0.3 is 0 Å². The van der Waals surface area contributed by atoms with Gasteiger partial charge in [-0.15, -0.1) is 0 Å². The minimum Gasteiger partial charge on any atom is -0.311 e. The Balaban J connectivity index is 1.61. The highest BCUT2D eigenvalue weighted by molar-refractivity contribution is 14.2. The molecule has 6 unspecified atom stereocenters. The quantitative estimate of drug-likeness (QED) is 0.264. The molecule has 2 saturated carbocycles. The molecule has 6 heteroatoms. The molecular formula is C8H11IN4S. The van der Waals surface area contributed by atoms with Crippen LogP contribution in [0.15, 0.2) is 5.10 Å². The van der Waals surface area contributed by atoms with Crippen molar-refractivity contribution in [1.82, 2.24) is 9.73 Å². The van der Waals surface area contributed by atoms with Crippen molar-refractivity contribution in [2.24, 2.45) is 22.2 Å². The Morgan fingerprint density at radius 3 is 2.93 bits per heavy atom. The van der Waals surface area contributed by atoms with Crippen LogP contribution in [0.2, 0.25) is 0 Å². The zero-order valence-corrected chi connectivity index (χ0v) is 10.5. The summed E-state index contributed by atoms with van der Waals surface area (Å²) in [5, 5.41) is 4.27. The zero-order valence-electron chi connectivity index (χ0n) is 7.48. The monoisotopic (exact) mass is 322 g/mol. The molecule has 3 N–H and O–H groups in total. The van der Waals surface area contributed by atoms with E-state index in [0.717, 1.165) is 6.04 Å². The molecule has 0 radical (unpaired) electrons. The topological polar surface area (TPSA) is 53.4 Å². The number of halogens is 1. The molecule has 5 fully saturated rings. The van der Waals surface area contributed by atoms with Crippen molar-refractivity contribution in [1.29, 1.82) is 0 Å². The van der Waals surface area contributed by atoms with Crippen molar-refractivity contribution < 1.29 is 0 Å². The molecule has 5 aliphatic rings. The van der Waals surface area contributed by atoms with Crippen molar-refractivity contribution in [3.8, 4) is 0 Å². The number of nitrogens with two attached hydrogens (primary N) is 1. The van der Waals surface area contributed by atoms with Crippen LogP contribution >= 0.6 is 30.3 Å². The summed E-state index contributed by atoms with van der Waals surface area (Å²) < 4.78 is 0. The normalized spacial score (nSPS) is 65.9. The molecule has 3 saturated heterocycles. The molecule has 0 aromatic carbocycles. The van der Waals surface area contributed by atoms with Crippen LogP contribution in [0.3, 0.4) is 0 Å². The number of nitrogens with zero attached hydrogens (tertiary/aromatic N) is 2. The second-order valence-electron chi connectivity index (χ2n) is 4.81. The summed E-state index contributed by atoms with van der Waals surface area (Å²) in [6.07, 6.45) is 4.71. The summed E-state index contributed by atoms with van der Waals surface area (Å²) in [7, 11) is 1.51. The number of hydrazone groups is 1. The van der Waals surface area contributed by atoms with Gasteiger partial charge in [-0.2, -0.15) is 5.10 Å². The van der Waals surface area contributed by atoms with Gasteiger partial charge in [0, 0.05) is 53.9 Å². The van der Waals surface area contributed by atoms with Gasteiger partial charge in [-0.25, -0.2) is 4.83 Å². The maximum absolute atomic E-state index is 6.29. The molecule has 0 aromatic rings. The Kier molecular flexibility index (Phi) is 1.39. The average molecular weight is 322 g/mol. The number of hydrogen-bond acceptors (Lipinski definition) is 5. The van der Waals surface area contributed by atoms with E-state index in [1.54, 1.807) is 0 Å². The fraction of sp³-hybridized carbons (Fsp3) is 0.875. The molecule has 0 aromatic heterocycles. The highest BCUT2D eigenvalue weighted by Crippen LogP contribution is 2.82. The maximum atomic E-state index is 6.29. The molecule has 5 rings (SSSR count). The van der Waals surface area contributed by atoms with Crippen LogP contribution in [0.1, 0.15) is 12.8 Å². The highest BCUT2D eigenvalue weighted by atomic mass is 127. The fourth-order valence-electron chi connectivity index (χ4n) is 3.98. The van der Waals surface area contributed by atoms with Crippen LogP contribution in [0.4, 0.5) is 0 Å². The molecular weight excluding hydrogens is 311 g/mol. The summed E-state index contributed by atoms with van der Waals surface area (Å²) in [5.74, 6) is 0.690. The molecule has 0 amide bonds. The molecule has 0 spiro atoms. The molecule has 2 aliphatic carbocycles. The summed E-state index contributed by atoms with van der Waals surface area (Å²) in [5.41, 5.74) is 6.74. The first-order valence-corrected chi connectivity index (χ1v) is 8.27. The Bertz CT molecular complexity index is 338. The van der Waals surface area contributed by atoms with E-state index < -0.39 is 0 Å². The largest absolute Gasteiger partial charge is 0.311 e. The molecule has 2 bridgehead atoms. The predicted octanol–water partition coefficient (Wildman–Crippen LogP) is 0.691. The van der Waals surface area contributed by atoms with E-state index in [2.05, 4.69) is 42.3 Å². The minimum atomic E-state index is 0.104. The lowest BCUT2D eigenvalue weighted by Gasteiger charge is -2.41. The van der Waals surface area contributed by atoms with Crippen LogP contribution < -0.4 is 10.6 Å². The molecule has 3 heterocycles. The Hall–Kier alpha value is 0.470. The van der Waals surface area contributed by atoms with E-state index in [0.29, 0.717) is 17.4 Å². The number of nitrogens with one attached hydrogen (secondary N) is 1. The van der Waals surface area contributed by atoms with Crippen molar-refractivity contribution in [2.45, 2.75) is 30.6 Å².